The smallest absolute Gasteiger partial charge is 0.340 e. The van der Waals surface area contributed by atoms with E-state index < -0.39 is 0 Å². The van der Waals surface area contributed by atoms with E-state index in [4.69, 9.17) is 40.2 Å². The number of carbonyl (C=O) groups excluding carboxylic acids is 1. The Balaban J connectivity index is 1.42. The van der Waals surface area contributed by atoms with Crippen molar-refractivity contribution in [3.8, 4) is 0 Å². The van der Waals surface area contributed by atoms with Gasteiger partial charge in [-0.3, -0.25) is 0 Å². The minimum atomic E-state index is -0.375. The predicted molar refractivity (Wildman–Crippen MR) is 141 cm³/mol. The van der Waals surface area contributed by atoms with Crippen molar-refractivity contribution in [1.29, 1.82) is 0 Å². The largest absolute Gasteiger partial charge is 0.465 e. The topological polar surface area (TPSA) is 44.8 Å². The minimum Gasteiger partial charge on any atom is -0.465 e. The van der Waals surface area contributed by atoms with Crippen LogP contribution in [-0.4, -0.2) is 49.3 Å². The van der Waals surface area contributed by atoms with E-state index in [0.717, 1.165) is 43.2 Å². The highest BCUT2D eigenvalue weighted by Crippen LogP contribution is 2.31. The number of carbonyl (C=O) groups is 1. The van der Waals surface area contributed by atoms with Gasteiger partial charge in [0.15, 0.2) is 5.11 Å². The zero-order valence-corrected chi connectivity index (χ0v) is 21.2. The molecular weight excluding hydrogens is 497 g/mol. The third-order valence-electron chi connectivity index (χ3n) is 5.47. The van der Waals surface area contributed by atoms with Crippen LogP contribution in [0.15, 0.2) is 54.6 Å². The Morgan fingerprint density at radius 2 is 1.79 bits per heavy atom. The maximum atomic E-state index is 12.4. The lowest BCUT2D eigenvalue weighted by atomic mass is 10.1. The first kappa shape index (κ1) is 23.8. The van der Waals surface area contributed by atoms with Crippen molar-refractivity contribution >= 4 is 68.5 Å². The van der Waals surface area contributed by atoms with Crippen molar-refractivity contribution in [2.45, 2.75) is 6.42 Å². The number of esters is 1. The molecule has 9 heteroatoms. The number of nitrogens with one attached hydrogen (secondary N) is 1. The first-order chi connectivity index (χ1) is 15.9. The molecule has 0 unspecified atom stereocenters. The summed E-state index contributed by atoms with van der Waals surface area (Å²) < 4.78 is 4.99. The van der Waals surface area contributed by atoms with Crippen LogP contribution in [0.4, 0.5) is 10.7 Å². The second kappa shape index (κ2) is 10.7. The Labute approximate surface area is 212 Å². The number of nitrogens with zero attached hydrogens (tertiary/aromatic N) is 2. The third kappa shape index (κ3) is 5.79. The lowest BCUT2D eigenvalue weighted by Gasteiger charge is -2.37. The molecule has 3 aromatic rings. The van der Waals surface area contributed by atoms with E-state index in [2.05, 4.69) is 27.2 Å². The second-order valence-electron chi connectivity index (χ2n) is 7.61. The van der Waals surface area contributed by atoms with Gasteiger partial charge in [0, 0.05) is 43.2 Å². The lowest BCUT2D eigenvalue weighted by molar-refractivity contribution is 0.0602. The van der Waals surface area contributed by atoms with Gasteiger partial charge in [-0.05, 0) is 42.0 Å². The zero-order valence-electron chi connectivity index (χ0n) is 18.0. The van der Waals surface area contributed by atoms with Gasteiger partial charge >= 0.3 is 5.97 Å². The van der Waals surface area contributed by atoms with Crippen LogP contribution in [0, 0.1) is 0 Å². The molecule has 0 bridgehead atoms. The van der Waals surface area contributed by atoms with E-state index in [-0.39, 0.29) is 5.97 Å². The SMILES string of the molecule is COC(=O)c1cc(Cc2ccccc2)sc1NC(=S)N1CCN(c2ccc(Cl)c(Cl)c2)CC1. The van der Waals surface area contributed by atoms with Crippen LogP contribution in [0.3, 0.4) is 0 Å². The monoisotopic (exact) mass is 519 g/mol. The van der Waals surface area contributed by atoms with E-state index in [1.807, 2.05) is 42.5 Å². The number of methoxy groups -OCH3 is 1. The molecule has 0 aliphatic carbocycles. The number of piperazine rings is 1. The van der Waals surface area contributed by atoms with E-state index in [1.165, 1.54) is 24.0 Å². The van der Waals surface area contributed by atoms with Crippen LogP contribution < -0.4 is 10.2 Å². The first-order valence-electron chi connectivity index (χ1n) is 10.5. The van der Waals surface area contributed by atoms with Gasteiger partial charge in [-0.15, -0.1) is 11.3 Å². The van der Waals surface area contributed by atoms with Crippen LogP contribution in [0.1, 0.15) is 20.8 Å². The molecule has 1 aromatic heterocycles. The average molecular weight is 521 g/mol. The number of thiophene rings is 1. The molecule has 0 saturated carbocycles. The summed E-state index contributed by atoms with van der Waals surface area (Å²) in [6, 6.07) is 17.7. The van der Waals surface area contributed by atoms with Crippen LogP contribution in [0.5, 0.6) is 0 Å². The van der Waals surface area contributed by atoms with E-state index in [9.17, 15) is 4.79 Å². The van der Waals surface area contributed by atoms with Crippen molar-refractivity contribution in [3.63, 3.8) is 0 Å². The molecule has 1 saturated heterocycles. The molecule has 4 rings (SSSR count). The molecule has 2 heterocycles. The van der Waals surface area contributed by atoms with Gasteiger partial charge in [-0.2, -0.15) is 0 Å². The summed E-state index contributed by atoms with van der Waals surface area (Å²) in [6.07, 6.45) is 0.742. The molecular formula is C24H23Cl2N3O2S2. The van der Waals surface area contributed by atoms with Gasteiger partial charge < -0.3 is 19.9 Å². The molecule has 172 valence electrons. The van der Waals surface area contributed by atoms with Gasteiger partial charge in [-0.25, -0.2) is 4.79 Å². The Kier molecular flexibility index (Phi) is 7.75. The molecule has 33 heavy (non-hydrogen) atoms. The maximum Gasteiger partial charge on any atom is 0.340 e. The summed E-state index contributed by atoms with van der Waals surface area (Å²) in [7, 11) is 1.39. The lowest BCUT2D eigenvalue weighted by Crippen LogP contribution is -2.50. The van der Waals surface area contributed by atoms with Gasteiger partial charge in [0.25, 0.3) is 0 Å². The summed E-state index contributed by atoms with van der Waals surface area (Å²) in [5, 5.41) is 5.70. The summed E-state index contributed by atoms with van der Waals surface area (Å²) in [5.41, 5.74) is 2.73. The van der Waals surface area contributed by atoms with Crippen molar-refractivity contribution in [1.82, 2.24) is 4.90 Å². The number of hydrogen-bond acceptors (Lipinski definition) is 5. The average Bonchev–Trinajstić information content (AvgIpc) is 3.23. The van der Waals surface area contributed by atoms with E-state index in [1.54, 1.807) is 0 Å². The van der Waals surface area contributed by atoms with Gasteiger partial charge in [0.2, 0.25) is 0 Å². The Morgan fingerprint density at radius 3 is 2.45 bits per heavy atom. The van der Waals surface area contributed by atoms with Crippen LogP contribution in [-0.2, 0) is 11.2 Å². The summed E-state index contributed by atoms with van der Waals surface area (Å²) in [4.78, 5) is 17.8. The van der Waals surface area contributed by atoms with Gasteiger partial charge in [-0.1, -0.05) is 53.5 Å². The minimum absolute atomic E-state index is 0.375. The Morgan fingerprint density at radius 1 is 1.06 bits per heavy atom. The quantitative estimate of drug-likeness (QED) is 0.331. The zero-order chi connectivity index (χ0) is 23.4. The standard InChI is InChI=1S/C24H23Cl2N3O2S2/c1-31-23(30)19-15-18(13-16-5-3-2-4-6-16)33-22(19)27-24(32)29-11-9-28(10-12-29)17-7-8-20(25)21(26)14-17/h2-8,14-15H,9-13H2,1H3,(H,27,32). The molecule has 2 aromatic carbocycles. The highest BCUT2D eigenvalue weighted by atomic mass is 35.5. The predicted octanol–water partition coefficient (Wildman–Crippen LogP) is 5.95. The van der Waals surface area contributed by atoms with Crippen LogP contribution >= 0.6 is 46.8 Å². The number of ether oxygens (including phenoxy) is 1. The van der Waals surface area contributed by atoms with Crippen molar-refractivity contribution < 1.29 is 9.53 Å². The number of rotatable bonds is 5. The summed E-state index contributed by atoms with van der Waals surface area (Å²) in [5.74, 6) is -0.375. The number of hydrogen-bond donors (Lipinski definition) is 1. The Bertz CT molecular complexity index is 1150. The normalized spacial score (nSPS) is 13.7. The fourth-order valence-electron chi connectivity index (χ4n) is 3.71. The molecule has 0 amide bonds. The number of thiocarbonyl (C=S) groups is 1. The molecule has 5 nitrogen and oxygen atoms in total. The van der Waals surface area contributed by atoms with Crippen molar-refractivity contribution in [3.05, 3.63) is 80.6 Å². The molecule has 0 atom stereocenters. The second-order valence-corrected chi connectivity index (χ2v) is 9.95. The van der Waals surface area contributed by atoms with Crippen molar-refractivity contribution in [2.75, 3.05) is 43.5 Å². The molecule has 1 aliphatic rings. The van der Waals surface area contributed by atoms with Gasteiger partial charge in [0.1, 0.15) is 5.00 Å². The molecule has 0 spiro atoms. The van der Waals surface area contributed by atoms with Crippen molar-refractivity contribution in [2.24, 2.45) is 0 Å². The fraction of sp³-hybridized carbons (Fsp3) is 0.250. The number of anilines is 2. The van der Waals surface area contributed by atoms with Gasteiger partial charge in [0.05, 0.1) is 22.7 Å². The summed E-state index contributed by atoms with van der Waals surface area (Å²) in [6.45, 7) is 3.10. The number of halogens is 2. The number of benzene rings is 2. The molecule has 1 fully saturated rings. The van der Waals surface area contributed by atoms with Crippen LogP contribution in [0.25, 0.3) is 0 Å². The fourth-order valence-corrected chi connectivity index (χ4v) is 5.43. The third-order valence-corrected chi connectivity index (χ3v) is 7.62. The first-order valence-corrected chi connectivity index (χ1v) is 12.4. The maximum absolute atomic E-state index is 12.4. The van der Waals surface area contributed by atoms with E-state index >= 15 is 0 Å². The molecule has 1 N–H and O–H groups in total. The Hall–Kier alpha value is -2.32. The highest BCUT2D eigenvalue weighted by molar-refractivity contribution is 7.80. The van der Waals surface area contributed by atoms with Crippen LogP contribution in [0.2, 0.25) is 10.0 Å². The summed E-state index contributed by atoms with van der Waals surface area (Å²) >= 11 is 19.4. The van der Waals surface area contributed by atoms with E-state index in [0.29, 0.717) is 25.7 Å². The molecule has 0 radical (unpaired) electrons. The highest BCUT2D eigenvalue weighted by Gasteiger charge is 2.23. The molecule has 1 aliphatic heterocycles.